The molecule has 0 aliphatic carbocycles. The van der Waals surface area contributed by atoms with Gasteiger partial charge in [0.1, 0.15) is 0 Å². The van der Waals surface area contributed by atoms with Gasteiger partial charge >= 0.3 is 0 Å². The van der Waals surface area contributed by atoms with Crippen molar-refractivity contribution in [3.63, 3.8) is 0 Å². The summed E-state index contributed by atoms with van der Waals surface area (Å²) in [4.78, 5) is 0. The van der Waals surface area contributed by atoms with Gasteiger partial charge in [0.25, 0.3) is 0 Å². The van der Waals surface area contributed by atoms with Crippen LogP contribution in [0.4, 0.5) is 0 Å². The van der Waals surface area contributed by atoms with Crippen molar-refractivity contribution in [1.29, 1.82) is 0 Å². The second kappa shape index (κ2) is 9.54. The summed E-state index contributed by atoms with van der Waals surface area (Å²) in [5.74, 6) is 0. The Morgan fingerprint density at radius 3 is 1.14 bits per heavy atom. The fraction of sp³-hybridized carbons (Fsp3) is 1.00. The Morgan fingerprint density at radius 1 is 0.524 bits per heavy atom. The number of rotatable bonds is 10. The molecule has 0 heterocycles. The topological polar surface area (TPSA) is 0 Å². The third-order valence-electron chi connectivity index (χ3n) is 4.38. The Labute approximate surface area is 137 Å². The van der Waals surface area contributed by atoms with Gasteiger partial charge in [0.2, 0.25) is 0 Å². The lowest BCUT2D eigenvalue weighted by atomic mass is 9.90. The molecular weight excluding hydrogens is 271 g/mol. The van der Waals surface area contributed by atoms with Crippen molar-refractivity contribution in [2.75, 3.05) is 25.7 Å². The SMILES string of the molecule is CC(C)(C)CCCCC[P+](C)(C)CCCCCC(C)(C)C. The Morgan fingerprint density at radius 2 is 0.857 bits per heavy atom. The maximum absolute atomic E-state index is 2.58. The van der Waals surface area contributed by atoms with E-state index in [-0.39, 0.29) is 0 Å². The first kappa shape index (κ1) is 21.4. The van der Waals surface area contributed by atoms with Gasteiger partial charge in [-0.3, -0.25) is 0 Å². The Balaban J connectivity index is 3.60. The zero-order valence-corrected chi connectivity index (χ0v) is 17.4. The van der Waals surface area contributed by atoms with E-state index in [1.165, 1.54) is 63.7 Å². The highest BCUT2D eigenvalue weighted by Gasteiger charge is 2.23. The van der Waals surface area contributed by atoms with E-state index in [4.69, 9.17) is 0 Å². The van der Waals surface area contributed by atoms with Crippen molar-refractivity contribution in [1.82, 2.24) is 0 Å². The standard InChI is InChI=1S/C20H44P/c1-19(2,3)15-11-9-13-17-21(7,8)18-14-10-12-16-20(4,5)6/h9-18H2,1-8H3/q+1. The molecule has 0 spiro atoms. The van der Waals surface area contributed by atoms with Crippen LogP contribution in [0.25, 0.3) is 0 Å². The summed E-state index contributed by atoms with van der Waals surface area (Å²) in [7, 11) is -0.604. The highest BCUT2D eigenvalue weighted by atomic mass is 31.2. The third kappa shape index (κ3) is 16.6. The van der Waals surface area contributed by atoms with Crippen LogP contribution < -0.4 is 0 Å². The molecule has 128 valence electrons. The minimum atomic E-state index is -0.604. The van der Waals surface area contributed by atoms with Crippen molar-refractivity contribution in [3.8, 4) is 0 Å². The number of hydrogen-bond acceptors (Lipinski definition) is 0. The predicted octanol–water partition coefficient (Wildman–Crippen LogP) is 7.48. The largest absolute Gasteiger partial charge is 0.0602 e. The first-order valence-electron chi connectivity index (χ1n) is 9.23. The highest BCUT2D eigenvalue weighted by molar-refractivity contribution is 7.74. The van der Waals surface area contributed by atoms with Crippen LogP contribution in [0.1, 0.15) is 92.9 Å². The van der Waals surface area contributed by atoms with Crippen molar-refractivity contribution in [2.45, 2.75) is 92.9 Å². The van der Waals surface area contributed by atoms with Crippen molar-refractivity contribution in [3.05, 3.63) is 0 Å². The normalized spacial score (nSPS) is 13.7. The van der Waals surface area contributed by atoms with Gasteiger partial charge in [0.15, 0.2) is 0 Å². The molecule has 0 aromatic heterocycles. The first-order valence-corrected chi connectivity index (χ1v) is 12.3. The van der Waals surface area contributed by atoms with E-state index in [1.54, 1.807) is 0 Å². The molecule has 0 unspecified atom stereocenters. The quantitative estimate of drug-likeness (QED) is 0.289. The fourth-order valence-corrected chi connectivity index (χ4v) is 5.24. The molecule has 0 atom stereocenters. The summed E-state index contributed by atoms with van der Waals surface area (Å²) in [6.07, 6.45) is 14.5. The van der Waals surface area contributed by atoms with Crippen LogP contribution in [0, 0.1) is 10.8 Å². The minimum Gasteiger partial charge on any atom is -0.0602 e. The summed E-state index contributed by atoms with van der Waals surface area (Å²) in [6, 6.07) is 0. The molecule has 0 N–H and O–H groups in total. The van der Waals surface area contributed by atoms with Crippen LogP contribution in [-0.2, 0) is 0 Å². The van der Waals surface area contributed by atoms with E-state index in [0.29, 0.717) is 10.8 Å². The molecule has 0 saturated carbocycles. The Kier molecular flexibility index (Phi) is 9.74. The van der Waals surface area contributed by atoms with Gasteiger partial charge in [-0.05, 0) is 49.4 Å². The molecule has 0 rings (SSSR count). The monoisotopic (exact) mass is 315 g/mol. The molecule has 0 amide bonds. The van der Waals surface area contributed by atoms with E-state index in [0.717, 1.165) is 0 Å². The molecule has 0 saturated heterocycles. The third-order valence-corrected chi connectivity index (χ3v) is 7.43. The smallest absolute Gasteiger partial charge is 0.0589 e. The number of unbranched alkanes of at least 4 members (excludes halogenated alkanes) is 4. The average molecular weight is 316 g/mol. The van der Waals surface area contributed by atoms with Crippen molar-refractivity contribution < 1.29 is 0 Å². The van der Waals surface area contributed by atoms with Crippen LogP contribution in [0.2, 0.25) is 0 Å². The molecule has 0 aromatic carbocycles. The van der Waals surface area contributed by atoms with Crippen LogP contribution in [0.5, 0.6) is 0 Å². The fourth-order valence-electron chi connectivity index (χ4n) is 2.86. The van der Waals surface area contributed by atoms with Gasteiger partial charge in [-0.15, -0.1) is 0 Å². The molecule has 1 heteroatoms. The second-order valence-electron chi connectivity index (χ2n) is 10.1. The van der Waals surface area contributed by atoms with Crippen LogP contribution in [0.15, 0.2) is 0 Å². The first-order chi connectivity index (χ1) is 9.41. The minimum absolute atomic E-state index is 0.526. The maximum Gasteiger partial charge on any atom is 0.0589 e. The maximum atomic E-state index is 2.58. The Bertz CT molecular complexity index is 226. The van der Waals surface area contributed by atoms with Crippen molar-refractivity contribution >= 4 is 7.26 Å². The molecule has 0 aliphatic rings. The van der Waals surface area contributed by atoms with E-state index in [2.05, 4.69) is 54.9 Å². The zero-order valence-electron chi connectivity index (χ0n) is 16.5. The van der Waals surface area contributed by atoms with Crippen molar-refractivity contribution in [2.24, 2.45) is 10.8 Å². The van der Waals surface area contributed by atoms with E-state index >= 15 is 0 Å². The summed E-state index contributed by atoms with van der Waals surface area (Å²) in [6.45, 7) is 19.3. The van der Waals surface area contributed by atoms with Gasteiger partial charge in [-0.2, -0.15) is 0 Å². The molecule has 0 fully saturated rings. The van der Waals surface area contributed by atoms with E-state index in [9.17, 15) is 0 Å². The van der Waals surface area contributed by atoms with Gasteiger partial charge < -0.3 is 0 Å². The summed E-state index contributed by atoms with van der Waals surface area (Å²) in [5, 5.41) is 0. The molecular formula is C20H44P+. The molecule has 21 heavy (non-hydrogen) atoms. The molecule has 0 aromatic rings. The highest BCUT2D eigenvalue weighted by Crippen LogP contribution is 2.52. The van der Waals surface area contributed by atoms with Crippen LogP contribution in [-0.4, -0.2) is 25.7 Å². The van der Waals surface area contributed by atoms with Gasteiger partial charge in [-0.1, -0.05) is 54.4 Å². The van der Waals surface area contributed by atoms with Gasteiger partial charge in [-0.25, -0.2) is 0 Å². The zero-order chi connectivity index (χ0) is 16.6. The van der Waals surface area contributed by atoms with Crippen LogP contribution >= 0.6 is 7.26 Å². The molecule has 0 nitrogen and oxygen atoms in total. The van der Waals surface area contributed by atoms with Gasteiger partial charge in [0, 0.05) is 20.6 Å². The second-order valence-corrected chi connectivity index (χ2v) is 14.9. The lowest BCUT2D eigenvalue weighted by Crippen LogP contribution is -2.06. The molecule has 0 bridgehead atoms. The number of hydrogen-bond donors (Lipinski definition) is 0. The molecule has 0 aliphatic heterocycles. The Hall–Kier alpha value is 0.430. The lowest BCUT2D eigenvalue weighted by molar-refractivity contribution is 0.359. The van der Waals surface area contributed by atoms with E-state index < -0.39 is 7.26 Å². The van der Waals surface area contributed by atoms with Crippen LogP contribution in [0.3, 0.4) is 0 Å². The summed E-state index contributed by atoms with van der Waals surface area (Å²) in [5.41, 5.74) is 1.05. The summed E-state index contributed by atoms with van der Waals surface area (Å²) < 4.78 is 0. The summed E-state index contributed by atoms with van der Waals surface area (Å²) >= 11 is 0. The predicted molar refractivity (Wildman–Crippen MR) is 104 cm³/mol. The van der Waals surface area contributed by atoms with Gasteiger partial charge in [0.05, 0.1) is 12.3 Å². The lowest BCUT2D eigenvalue weighted by Gasteiger charge is -2.20. The molecule has 0 radical (unpaired) electrons. The average Bonchev–Trinajstić information content (AvgIpc) is 2.24. The van der Waals surface area contributed by atoms with E-state index in [1.807, 2.05) is 0 Å².